The maximum atomic E-state index is 5.64. The Morgan fingerprint density at radius 1 is 1.46 bits per heavy atom. The molecule has 0 amide bonds. The van der Waals surface area contributed by atoms with E-state index in [1.807, 2.05) is 6.07 Å². The maximum Gasteiger partial charge on any atom is 0.193 e. The smallest absolute Gasteiger partial charge is 0.193 e. The van der Waals surface area contributed by atoms with Gasteiger partial charge in [-0.3, -0.25) is 0 Å². The summed E-state index contributed by atoms with van der Waals surface area (Å²) in [5.41, 5.74) is 0. The van der Waals surface area contributed by atoms with Gasteiger partial charge in [-0.1, -0.05) is 12.8 Å². The van der Waals surface area contributed by atoms with E-state index < -0.39 is 0 Å². The summed E-state index contributed by atoms with van der Waals surface area (Å²) in [6.45, 7) is 1.88. The van der Waals surface area contributed by atoms with Crippen molar-refractivity contribution in [3.8, 4) is 0 Å². The topological polar surface area (TPSA) is 25.2 Å². The Labute approximate surface area is 83.3 Å². The van der Waals surface area contributed by atoms with E-state index in [1.54, 1.807) is 6.07 Å². The van der Waals surface area contributed by atoms with Crippen molar-refractivity contribution >= 4 is 11.6 Å². The highest BCUT2D eigenvalue weighted by Crippen LogP contribution is 2.31. The van der Waals surface area contributed by atoms with Gasteiger partial charge in [0.2, 0.25) is 0 Å². The molecule has 0 bridgehead atoms. The minimum atomic E-state index is 0.471. The molecule has 1 aliphatic carbocycles. The molecule has 1 aromatic rings. The van der Waals surface area contributed by atoms with Gasteiger partial charge in [-0.2, -0.15) is 0 Å². The van der Waals surface area contributed by atoms with Crippen LogP contribution in [0.25, 0.3) is 0 Å². The first kappa shape index (κ1) is 9.10. The van der Waals surface area contributed by atoms with Crippen molar-refractivity contribution < 1.29 is 4.42 Å². The quantitative estimate of drug-likeness (QED) is 0.738. The third kappa shape index (κ3) is 3.05. The number of hydrogen-bond acceptors (Lipinski definition) is 2. The van der Waals surface area contributed by atoms with E-state index in [0.29, 0.717) is 5.22 Å². The molecule has 1 N–H and O–H groups in total. The van der Waals surface area contributed by atoms with Gasteiger partial charge in [-0.15, -0.1) is 0 Å². The Bertz CT molecular complexity index is 268. The summed E-state index contributed by atoms with van der Waals surface area (Å²) in [4.78, 5) is 0. The van der Waals surface area contributed by atoms with Gasteiger partial charge in [0, 0.05) is 0 Å². The van der Waals surface area contributed by atoms with Crippen LogP contribution in [-0.4, -0.2) is 6.54 Å². The molecule has 0 unspecified atom stereocenters. The number of nitrogens with one attached hydrogen (secondary N) is 1. The number of hydrogen-bond donors (Lipinski definition) is 1. The fraction of sp³-hybridized carbons (Fsp3) is 0.600. The van der Waals surface area contributed by atoms with Crippen LogP contribution in [0.5, 0.6) is 0 Å². The molecule has 0 aromatic carbocycles. The van der Waals surface area contributed by atoms with Crippen molar-refractivity contribution in [1.29, 1.82) is 0 Å². The largest absolute Gasteiger partial charge is 0.448 e. The molecule has 3 heteroatoms. The molecule has 0 spiro atoms. The summed E-state index contributed by atoms with van der Waals surface area (Å²) < 4.78 is 5.21. The van der Waals surface area contributed by atoms with Crippen LogP contribution in [0.2, 0.25) is 5.22 Å². The summed E-state index contributed by atoms with van der Waals surface area (Å²) in [6.07, 6.45) is 4.15. The van der Waals surface area contributed by atoms with Crippen LogP contribution in [0.3, 0.4) is 0 Å². The predicted octanol–water partition coefficient (Wildman–Crippen LogP) is 2.82. The second kappa shape index (κ2) is 4.16. The Hall–Kier alpha value is -0.470. The number of halogens is 1. The van der Waals surface area contributed by atoms with E-state index in [-0.39, 0.29) is 0 Å². The lowest BCUT2D eigenvalue weighted by molar-refractivity contribution is 0.479. The van der Waals surface area contributed by atoms with E-state index in [9.17, 15) is 0 Å². The molecule has 2 nitrogen and oxygen atoms in total. The van der Waals surface area contributed by atoms with Crippen molar-refractivity contribution in [2.75, 3.05) is 6.54 Å². The van der Waals surface area contributed by atoms with E-state index in [1.165, 1.54) is 19.3 Å². The molecular weight excluding hydrogens is 186 g/mol. The van der Waals surface area contributed by atoms with Gasteiger partial charge in [0.25, 0.3) is 0 Å². The van der Waals surface area contributed by atoms with Crippen molar-refractivity contribution in [1.82, 2.24) is 5.32 Å². The summed E-state index contributed by atoms with van der Waals surface area (Å²) in [5, 5.41) is 3.81. The first-order chi connectivity index (χ1) is 6.34. The summed E-state index contributed by atoms with van der Waals surface area (Å²) in [6, 6.07) is 3.69. The zero-order chi connectivity index (χ0) is 9.10. The highest BCUT2D eigenvalue weighted by molar-refractivity contribution is 6.28. The summed E-state index contributed by atoms with van der Waals surface area (Å²) in [7, 11) is 0. The molecule has 1 saturated carbocycles. The molecule has 0 atom stereocenters. The van der Waals surface area contributed by atoms with E-state index >= 15 is 0 Å². The third-order valence-electron chi connectivity index (χ3n) is 2.35. The normalized spacial score (nSPS) is 16.4. The van der Waals surface area contributed by atoms with Gasteiger partial charge in [-0.25, -0.2) is 0 Å². The fourth-order valence-electron chi connectivity index (χ4n) is 1.37. The first-order valence-corrected chi connectivity index (χ1v) is 5.17. The minimum Gasteiger partial charge on any atom is -0.448 e. The van der Waals surface area contributed by atoms with Crippen LogP contribution < -0.4 is 5.32 Å². The maximum absolute atomic E-state index is 5.64. The van der Waals surface area contributed by atoms with E-state index in [0.717, 1.165) is 24.8 Å². The lowest BCUT2D eigenvalue weighted by Gasteiger charge is -2.00. The third-order valence-corrected chi connectivity index (χ3v) is 2.56. The van der Waals surface area contributed by atoms with Crippen molar-refractivity contribution in [3.63, 3.8) is 0 Å². The van der Waals surface area contributed by atoms with E-state index in [2.05, 4.69) is 5.32 Å². The highest BCUT2D eigenvalue weighted by Gasteiger charge is 2.19. The van der Waals surface area contributed by atoms with E-state index in [4.69, 9.17) is 16.0 Å². The standard InChI is InChI=1S/C10H14ClNO/c11-10-4-3-9(13-10)7-12-6-5-8-1-2-8/h3-4,8,12H,1-2,5-7H2. The molecule has 1 aromatic heterocycles. The molecule has 2 rings (SSSR count). The molecule has 0 radical (unpaired) electrons. The van der Waals surface area contributed by atoms with Crippen molar-refractivity contribution in [2.45, 2.75) is 25.8 Å². The van der Waals surface area contributed by atoms with Crippen LogP contribution in [0, 0.1) is 5.92 Å². The van der Waals surface area contributed by atoms with Gasteiger partial charge in [-0.05, 0) is 42.6 Å². The molecule has 0 aliphatic heterocycles. The average Bonchev–Trinajstić information content (AvgIpc) is 2.84. The Morgan fingerprint density at radius 2 is 2.31 bits per heavy atom. The molecule has 1 heterocycles. The fourth-order valence-corrected chi connectivity index (χ4v) is 1.53. The van der Waals surface area contributed by atoms with Gasteiger partial charge in [0.1, 0.15) is 5.76 Å². The molecule has 1 fully saturated rings. The van der Waals surface area contributed by atoms with Crippen LogP contribution in [0.15, 0.2) is 16.5 Å². The second-order valence-electron chi connectivity index (χ2n) is 3.61. The molecular formula is C10H14ClNO. The molecule has 72 valence electrons. The Kier molecular flexibility index (Phi) is 2.91. The lowest BCUT2D eigenvalue weighted by Crippen LogP contribution is -2.14. The second-order valence-corrected chi connectivity index (χ2v) is 3.99. The minimum absolute atomic E-state index is 0.471. The van der Waals surface area contributed by atoms with Gasteiger partial charge in [0.05, 0.1) is 6.54 Å². The summed E-state index contributed by atoms with van der Waals surface area (Å²) in [5.74, 6) is 1.91. The van der Waals surface area contributed by atoms with Crippen LogP contribution in [0.4, 0.5) is 0 Å². The van der Waals surface area contributed by atoms with Crippen LogP contribution in [-0.2, 0) is 6.54 Å². The Morgan fingerprint density at radius 3 is 2.92 bits per heavy atom. The Balaban J connectivity index is 1.61. The van der Waals surface area contributed by atoms with Gasteiger partial charge >= 0.3 is 0 Å². The molecule has 13 heavy (non-hydrogen) atoms. The monoisotopic (exact) mass is 199 g/mol. The van der Waals surface area contributed by atoms with Gasteiger partial charge < -0.3 is 9.73 Å². The first-order valence-electron chi connectivity index (χ1n) is 4.79. The zero-order valence-corrected chi connectivity index (χ0v) is 8.31. The van der Waals surface area contributed by atoms with Crippen molar-refractivity contribution in [2.24, 2.45) is 5.92 Å². The molecule has 1 aliphatic rings. The molecule has 0 saturated heterocycles. The lowest BCUT2D eigenvalue weighted by atomic mass is 10.3. The number of furan rings is 1. The zero-order valence-electron chi connectivity index (χ0n) is 7.55. The highest BCUT2D eigenvalue weighted by atomic mass is 35.5. The van der Waals surface area contributed by atoms with Gasteiger partial charge in [0.15, 0.2) is 5.22 Å². The average molecular weight is 200 g/mol. The predicted molar refractivity (Wildman–Crippen MR) is 52.8 cm³/mol. The summed E-state index contributed by atoms with van der Waals surface area (Å²) >= 11 is 5.64. The van der Waals surface area contributed by atoms with Crippen LogP contribution >= 0.6 is 11.6 Å². The van der Waals surface area contributed by atoms with Crippen molar-refractivity contribution in [3.05, 3.63) is 23.1 Å². The number of rotatable bonds is 5. The van der Waals surface area contributed by atoms with Crippen LogP contribution in [0.1, 0.15) is 25.0 Å². The SMILES string of the molecule is Clc1ccc(CNCCC2CC2)o1.